The van der Waals surface area contributed by atoms with E-state index in [4.69, 9.17) is 11.6 Å². The van der Waals surface area contributed by atoms with E-state index < -0.39 is 0 Å². The van der Waals surface area contributed by atoms with Crippen molar-refractivity contribution < 1.29 is 0 Å². The van der Waals surface area contributed by atoms with E-state index in [1.165, 1.54) is 0 Å². The summed E-state index contributed by atoms with van der Waals surface area (Å²) in [5.74, 6) is 2.24. The van der Waals surface area contributed by atoms with E-state index in [2.05, 4.69) is 11.2 Å². The largest absolute Gasteiger partial charge is 0.230 e. The zero-order valence-electron chi connectivity index (χ0n) is 6.79. The van der Waals surface area contributed by atoms with Crippen LogP contribution < -0.4 is 0 Å². The van der Waals surface area contributed by atoms with Crippen LogP contribution in [0.4, 0.5) is 0 Å². The molecule has 0 aliphatic heterocycles. The van der Waals surface area contributed by atoms with Gasteiger partial charge in [0.05, 0.1) is 5.03 Å². The van der Waals surface area contributed by atoms with Crippen molar-refractivity contribution in [2.45, 2.75) is 5.03 Å². The van der Waals surface area contributed by atoms with Crippen LogP contribution >= 0.6 is 35.1 Å². The number of aromatic nitrogens is 1. The van der Waals surface area contributed by atoms with E-state index in [9.17, 15) is 0 Å². The highest BCUT2D eigenvalue weighted by Crippen LogP contribution is 2.17. The third kappa shape index (κ3) is 3.70. The zero-order chi connectivity index (χ0) is 8.81. The van der Waals surface area contributed by atoms with E-state index in [1.54, 1.807) is 17.8 Å². The molecule has 0 aromatic carbocycles. The molecule has 66 valence electrons. The van der Waals surface area contributed by atoms with Crippen LogP contribution in [0.5, 0.6) is 0 Å². The second-order valence-corrected chi connectivity index (χ2v) is 4.63. The van der Waals surface area contributed by atoms with Gasteiger partial charge < -0.3 is 0 Å². The molecule has 0 saturated carbocycles. The molecule has 0 radical (unpaired) electrons. The van der Waals surface area contributed by atoms with Crippen molar-refractivity contribution in [3.63, 3.8) is 0 Å². The van der Waals surface area contributed by atoms with Crippen molar-refractivity contribution in [3.05, 3.63) is 23.4 Å². The first-order valence-corrected chi connectivity index (χ1v) is 6.33. The highest BCUT2D eigenvalue weighted by Gasteiger charge is 1.95. The second kappa shape index (κ2) is 5.73. The van der Waals surface area contributed by atoms with Crippen molar-refractivity contribution in [1.29, 1.82) is 0 Å². The van der Waals surface area contributed by atoms with Crippen molar-refractivity contribution >= 4 is 35.1 Å². The molecular weight excluding hydrogens is 210 g/mol. The predicted octanol–water partition coefficient (Wildman–Crippen LogP) is 3.19. The number of pyridine rings is 1. The van der Waals surface area contributed by atoms with E-state index in [-0.39, 0.29) is 0 Å². The molecule has 1 nitrogen and oxygen atoms in total. The van der Waals surface area contributed by atoms with Gasteiger partial charge in [0.2, 0.25) is 0 Å². The fourth-order valence-corrected chi connectivity index (χ4v) is 2.46. The molecule has 1 heterocycles. The molecule has 0 spiro atoms. The average Bonchev–Trinajstić information content (AvgIpc) is 2.05. The highest BCUT2D eigenvalue weighted by atomic mass is 35.5. The lowest BCUT2D eigenvalue weighted by Gasteiger charge is -1.98. The van der Waals surface area contributed by atoms with Crippen molar-refractivity contribution in [2.24, 2.45) is 0 Å². The molecule has 0 atom stereocenters. The third-order valence-corrected chi connectivity index (χ3v) is 3.24. The van der Waals surface area contributed by atoms with Gasteiger partial charge in [-0.25, -0.2) is 4.98 Å². The minimum absolute atomic E-state index is 0.573. The Labute approximate surface area is 86.3 Å². The Morgan fingerprint density at radius 3 is 2.92 bits per heavy atom. The van der Waals surface area contributed by atoms with E-state index in [1.807, 2.05) is 23.9 Å². The van der Waals surface area contributed by atoms with Gasteiger partial charge in [0.15, 0.2) is 0 Å². The van der Waals surface area contributed by atoms with Crippen LogP contribution in [-0.4, -0.2) is 22.7 Å². The maximum atomic E-state index is 5.73. The molecule has 1 rings (SSSR count). The highest BCUT2D eigenvalue weighted by molar-refractivity contribution is 8.02. The van der Waals surface area contributed by atoms with E-state index >= 15 is 0 Å². The third-order valence-electron chi connectivity index (χ3n) is 1.23. The fraction of sp³-hybridized carbons (Fsp3) is 0.375. The van der Waals surface area contributed by atoms with E-state index in [0.29, 0.717) is 5.15 Å². The lowest BCUT2D eigenvalue weighted by atomic mass is 10.5. The first-order chi connectivity index (χ1) is 5.83. The number of hydrogen-bond donors (Lipinski definition) is 0. The molecule has 0 fully saturated rings. The summed E-state index contributed by atoms with van der Waals surface area (Å²) in [5, 5.41) is 1.58. The summed E-state index contributed by atoms with van der Waals surface area (Å²) < 4.78 is 0. The Morgan fingerprint density at radius 1 is 1.42 bits per heavy atom. The van der Waals surface area contributed by atoms with Crippen molar-refractivity contribution in [2.75, 3.05) is 17.8 Å². The van der Waals surface area contributed by atoms with Crippen LogP contribution in [0.3, 0.4) is 0 Å². The molecule has 0 N–H and O–H groups in total. The van der Waals surface area contributed by atoms with Crippen LogP contribution in [0.2, 0.25) is 5.15 Å². The van der Waals surface area contributed by atoms with Gasteiger partial charge in [0.25, 0.3) is 0 Å². The van der Waals surface area contributed by atoms with Gasteiger partial charge in [-0.05, 0) is 18.4 Å². The molecule has 4 heteroatoms. The van der Waals surface area contributed by atoms with Gasteiger partial charge in [-0.3, -0.25) is 0 Å². The maximum Gasteiger partial charge on any atom is 0.130 e. The van der Waals surface area contributed by atoms with Gasteiger partial charge in [0.1, 0.15) is 5.15 Å². The Morgan fingerprint density at radius 2 is 2.25 bits per heavy atom. The Hall–Kier alpha value is 0.140. The Bertz CT molecular complexity index is 242. The number of halogens is 1. The monoisotopic (exact) mass is 219 g/mol. The fourth-order valence-electron chi connectivity index (χ4n) is 0.700. The molecule has 0 unspecified atom stereocenters. The Kier molecular flexibility index (Phi) is 4.88. The summed E-state index contributed by atoms with van der Waals surface area (Å²) in [7, 11) is 0. The molecule has 0 saturated heterocycles. The number of hydrogen-bond acceptors (Lipinski definition) is 3. The number of thioether (sulfide) groups is 2. The molecule has 0 aliphatic carbocycles. The SMILES string of the molecule is CSCCSc1cccc(Cl)n1. The van der Waals surface area contributed by atoms with Crippen LogP contribution in [0.15, 0.2) is 23.2 Å². The molecule has 0 bridgehead atoms. The molecular formula is C8H10ClNS2. The minimum Gasteiger partial charge on any atom is -0.230 e. The van der Waals surface area contributed by atoms with Crippen LogP contribution in [0.1, 0.15) is 0 Å². The maximum absolute atomic E-state index is 5.73. The normalized spacial score (nSPS) is 10.2. The predicted molar refractivity (Wildman–Crippen MR) is 58.4 cm³/mol. The van der Waals surface area contributed by atoms with Gasteiger partial charge in [-0.1, -0.05) is 17.7 Å². The molecule has 0 amide bonds. The van der Waals surface area contributed by atoms with E-state index in [0.717, 1.165) is 16.5 Å². The van der Waals surface area contributed by atoms with Gasteiger partial charge in [0, 0.05) is 11.5 Å². The minimum atomic E-state index is 0.573. The van der Waals surface area contributed by atoms with Crippen LogP contribution in [0, 0.1) is 0 Å². The van der Waals surface area contributed by atoms with Crippen molar-refractivity contribution in [3.8, 4) is 0 Å². The quantitative estimate of drug-likeness (QED) is 0.439. The first-order valence-electron chi connectivity index (χ1n) is 3.57. The molecule has 1 aromatic heterocycles. The summed E-state index contributed by atoms with van der Waals surface area (Å²) in [6, 6.07) is 5.70. The van der Waals surface area contributed by atoms with Crippen LogP contribution in [0.25, 0.3) is 0 Å². The summed E-state index contributed by atoms with van der Waals surface area (Å²) >= 11 is 9.31. The average molecular weight is 220 g/mol. The number of rotatable bonds is 4. The molecule has 0 aliphatic rings. The van der Waals surface area contributed by atoms with Gasteiger partial charge >= 0.3 is 0 Å². The summed E-state index contributed by atoms with van der Waals surface area (Å²) in [6.07, 6.45) is 2.10. The van der Waals surface area contributed by atoms with Crippen LogP contribution in [-0.2, 0) is 0 Å². The zero-order valence-corrected chi connectivity index (χ0v) is 9.18. The molecule has 1 aromatic rings. The summed E-state index contributed by atoms with van der Waals surface area (Å²) in [5.41, 5.74) is 0. The standard InChI is InChI=1S/C8H10ClNS2/c1-11-5-6-12-8-4-2-3-7(9)10-8/h2-4H,5-6H2,1H3. The van der Waals surface area contributed by atoms with Crippen molar-refractivity contribution in [1.82, 2.24) is 4.98 Å². The lowest BCUT2D eigenvalue weighted by molar-refractivity contribution is 1.13. The summed E-state index contributed by atoms with van der Waals surface area (Å²) in [4.78, 5) is 4.16. The first kappa shape index (κ1) is 10.2. The van der Waals surface area contributed by atoms with Gasteiger partial charge in [-0.2, -0.15) is 11.8 Å². The Balaban J connectivity index is 2.41. The number of nitrogens with zero attached hydrogens (tertiary/aromatic N) is 1. The van der Waals surface area contributed by atoms with Gasteiger partial charge in [-0.15, -0.1) is 11.8 Å². The molecule has 12 heavy (non-hydrogen) atoms. The topological polar surface area (TPSA) is 12.9 Å². The smallest absolute Gasteiger partial charge is 0.130 e. The summed E-state index contributed by atoms with van der Waals surface area (Å²) in [6.45, 7) is 0. The lowest BCUT2D eigenvalue weighted by Crippen LogP contribution is -1.85. The second-order valence-electron chi connectivity index (χ2n) is 2.14.